The van der Waals surface area contributed by atoms with Crippen LogP contribution in [-0.2, 0) is 0 Å². The van der Waals surface area contributed by atoms with Crippen LogP contribution in [0.3, 0.4) is 0 Å². The molecule has 0 radical (unpaired) electrons. The predicted molar refractivity (Wildman–Crippen MR) is 69.7 cm³/mol. The molecule has 2 N–H and O–H groups in total. The molecule has 0 aliphatic rings. The van der Waals surface area contributed by atoms with Crippen molar-refractivity contribution in [3.8, 4) is 0 Å². The van der Waals surface area contributed by atoms with Crippen molar-refractivity contribution in [2.24, 2.45) is 0 Å². The number of aliphatic hydroxyl groups is 1. The average molecular weight is 253 g/mol. The maximum absolute atomic E-state index is 10.6. The Labute approximate surface area is 106 Å². The Bertz CT molecular complexity index is 396. The molecule has 100 valence electrons. The van der Waals surface area contributed by atoms with Crippen molar-refractivity contribution in [2.75, 3.05) is 18.5 Å². The van der Waals surface area contributed by atoms with E-state index in [0.29, 0.717) is 11.5 Å². The van der Waals surface area contributed by atoms with E-state index in [2.05, 4.69) is 10.3 Å². The van der Waals surface area contributed by atoms with Gasteiger partial charge in [-0.25, -0.2) is 4.98 Å². The molecule has 0 spiro atoms. The molecule has 0 aromatic carbocycles. The first-order chi connectivity index (χ1) is 8.65. The quantitative estimate of drug-likeness (QED) is 0.421. The minimum Gasteiger partial charge on any atom is -0.396 e. The summed E-state index contributed by atoms with van der Waals surface area (Å²) in [5.41, 5.74) is 0.466. The standard InChI is InChI=1S/C12H19N3O3/c1-10-11(15(17)18)6-7-12(14-10)13-8-4-2-3-5-9-16/h6-7,16H,2-5,8-9H2,1H3,(H,13,14). The molecular formula is C12H19N3O3. The molecule has 0 aliphatic heterocycles. The lowest BCUT2D eigenvalue weighted by molar-refractivity contribution is -0.385. The van der Waals surface area contributed by atoms with Gasteiger partial charge in [0, 0.05) is 19.2 Å². The smallest absolute Gasteiger partial charge is 0.290 e. The normalized spacial score (nSPS) is 10.3. The summed E-state index contributed by atoms with van der Waals surface area (Å²) in [6, 6.07) is 3.09. The first-order valence-electron chi connectivity index (χ1n) is 6.12. The van der Waals surface area contributed by atoms with E-state index in [1.54, 1.807) is 13.0 Å². The van der Waals surface area contributed by atoms with Crippen molar-refractivity contribution >= 4 is 11.5 Å². The average Bonchev–Trinajstić information content (AvgIpc) is 2.33. The van der Waals surface area contributed by atoms with Gasteiger partial charge in [0.2, 0.25) is 0 Å². The Morgan fingerprint density at radius 2 is 2.06 bits per heavy atom. The Balaban J connectivity index is 2.35. The van der Waals surface area contributed by atoms with Crippen molar-refractivity contribution in [3.05, 3.63) is 27.9 Å². The molecule has 6 nitrogen and oxygen atoms in total. The zero-order chi connectivity index (χ0) is 13.4. The monoisotopic (exact) mass is 253 g/mol. The van der Waals surface area contributed by atoms with Gasteiger partial charge in [-0.2, -0.15) is 0 Å². The Kier molecular flexibility index (Phi) is 6.07. The van der Waals surface area contributed by atoms with E-state index in [9.17, 15) is 10.1 Å². The zero-order valence-electron chi connectivity index (χ0n) is 10.6. The van der Waals surface area contributed by atoms with Crippen LogP contribution in [0, 0.1) is 17.0 Å². The van der Waals surface area contributed by atoms with Gasteiger partial charge in [0.05, 0.1) is 4.92 Å². The summed E-state index contributed by atoms with van der Waals surface area (Å²) >= 11 is 0. The van der Waals surface area contributed by atoms with Crippen LogP contribution in [0.4, 0.5) is 11.5 Å². The maximum Gasteiger partial charge on any atom is 0.290 e. The molecule has 1 aromatic heterocycles. The number of nitrogens with zero attached hydrogens (tertiary/aromatic N) is 2. The number of aromatic nitrogens is 1. The Morgan fingerprint density at radius 1 is 1.33 bits per heavy atom. The molecular weight excluding hydrogens is 234 g/mol. The van der Waals surface area contributed by atoms with Crippen LogP contribution in [0.15, 0.2) is 12.1 Å². The molecule has 1 heterocycles. The summed E-state index contributed by atoms with van der Waals surface area (Å²) in [5, 5.41) is 22.4. The number of nitrogens with one attached hydrogen (secondary N) is 1. The van der Waals surface area contributed by atoms with Gasteiger partial charge in [-0.15, -0.1) is 0 Å². The molecule has 0 saturated heterocycles. The van der Waals surface area contributed by atoms with Gasteiger partial charge >= 0.3 is 0 Å². The topological polar surface area (TPSA) is 88.3 Å². The van der Waals surface area contributed by atoms with Crippen molar-refractivity contribution in [2.45, 2.75) is 32.6 Å². The minimum atomic E-state index is -0.430. The van der Waals surface area contributed by atoms with Crippen LogP contribution in [0.1, 0.15) is 31.4 Å². The Hall–Kier alpha value is -1.69. The fourth-order valence-electron chi connectivity index (χ4n) is 1.65. The third kappa shape index (κ3) is 4.67. The molecule has 6 heteroatoms. The summed E-state index contributed by atoms with van der Waals surface area (Å²) in [5.74, 6) is 0.667. The van der Waals surface area contributed by atoms with Gasteiger partial charge in [-0.1, -0.05) is 12.8 Å². The highest BCUT2D eigenvalue weighted by Gasteiger charge is 2.11. The lowest BCUT2D eigenvalue weighted by Gasteiger charge is -2.06. The van der Waals surface area contributed by atoms with Gasteiger partial charge in [-0.3, -0.25) is 10.1 Å². The molecule has 0 unspecified atom stereocenters. The van der Waals surface area contributed by atoms with Crippen LogP contribution in [0.2, 0.25) is 0 Å². The van der Waals surface area contributed by atoms with E-state index >= 15 is 0 Å². The molecule has 1 aromatic rings. The first kappa shape index (κ1) is 14.4. The number of anilines is 1. The number of aryl methyl sites for hydroxylation is 1. The fourth-order valence-corrected chi connectivity index (χ4v) is 1.65. The largest absolute Gasteiger partial charge is 0.396 e. The van der Waals surface area contributed by atoms with E-state index in [4.69, 9.17) is 5.11 Å². The first-order valence-corrected chi connectivity index (χ1v) is 6.12. The van der Waals surface area contributed by atoms with Crippen LogP contribution in [0.25, 0.3) is 0 Å². The number of unbranched alkanes of at least 4 members (excludes halogenated alkanes) is 3. The van der Waals surface area contributed by atoms with E-state index in [1.807, 2.05) is 0 Å². The zero-order valence-corrected chi connectivity index (χ0v) is 10.6. The van der Waals surface area contributed by atoms with Crippen molar-refractivity contribution in [3.63, 3.8) is 0 Å². The molecule has 18 heavy (non-hydrogen) atoms. The SMILES string of the molecule is Cc1nc(NCCCCCCO)ccc1[N+](=O)[O-]. The third-order valence-corrected chi connectivity index (χ3v) is 2.65. The van der Waals surface area contributed by atoms with E-state index in [-0.39, 0.29) is 12.3 Å². The summed E-state index contributed by atoms with van der Waals surface area (Å²) in [7, 11) is 0. The maximum atomic E-state index is 10.6. The number of nitro groups is 1. The van der Waals surface area contributed by atoms with Crippen LogP contribution in [-0.4, -0.2) is 28.2 Å². The molecule has 0 saturated carbocycles. The third-order valence-electron chi connectivity index (χ3n) is 2.65. The fraction of sp³-hybridized carbons (Fsp3) is 0.583. The lowest BCUT2D eigenvalue weighted by atomic mass is 10.2. The molecule has 0 bridgehead atoms. The summed E-state index contributed by atoms with van der Waals surface area (Å²) < 4.78 is 0. The van der Waals surface area contributed by atoms with Crippen molar-refractivity contribution < 1.29 is 10.0 Å². The molecule has 0 aliphatic carbocycles. The van der Waals surface area contributed by atoms with Crippen LogP contribution >= 0.6 is 0 Å². The van der Waals surface area contributed by atoms with E-state index < -0.39 is 4.92 Å². The summed E-state index contributed by atoms with van der Waals surface area (Å²) in [6.45, 7) is 2.66. The van der Waals surface area contributed by atoms with E-state index in [1.165, 1.54) is 6.07 Å². The van der Waals surface area contributed by atoms with Gasteiger partial charge in [-0.05, 0) is 25.8 Å². The number of hydrogen-bond donors (Lipinski definition) is 2. The second kappa shape index (κ2) is 7.60. The summed E-state index contributed by atoms with van der Waals surface area (Å²) in [4.78, 5) is 14.3. The Morgan fingerprint density at radius 3 is 2.67 bits per heavy atom. The highest BCUT2D eigenvalue weighted by molar-refractivity contribution is 5.44. The number of pyridine rings is 1. The highest BCUT2D eigenvalue weighted by atomic mass is 16.6. The van der Waals surface area contributed by atoms with Gasteiger partial charge < -0.3 is 10.4 Å². The van der Waals surface area contributed by atoms with Gasteiger partial charge in [0.1, 0.15) is 11.5 Å². The van der Waals surface area contributed by atoms with Crippen LogP contribution < -0.4 is 5.32 Å². The van der Waals surface area contributed by atoms with Crippen LogP contribution in [0.5, 0.6) is 0 Å². The van der Waals surface area contributed by atoms with Crippen molar-refractivity contribution in [1.29, 1.82) is 0 Å². The minimum absolute atomic E-state index is 0.0449. The van der Waals surface area contributed by atoms with Gasteiger partial charge in [0.25, 0.3) is 5.69 Å². The van der Waals surface area contributed by atoms with Crippen molar-refractivity contribution in [1.82, 2.24) is 4.98 Å². The molecule has 1 rings (SSSR count). The molecule has 0 atom stereocenters. The number of hydrogen-bond acceptors (Lipinski definition) is 5. The van der Waals surface area contributed by atoms with E-state index in [0.717, 1.165) is 32.2 Å². The van der Waals surface area contributed by atoms with Gasteiger partial charge in [0.15, 0.2) is 0 Å². The second-order valence-corrected chi connectivity index (χ2v) is 4.12. The summed E-state index contributed by atoms with van der Waals surface area (Å²) in [6.07, 6.45) is 3.91. The lowest BCUT2D eigenvalue weighted by Crippen LogP contribution is -2.05. The highest BCUT2D eigenvalue weighted by Crippen LogP contribution is 2.17. The second-order valence-electron chi connectivity index (χ2n) is 4.12. The number of rotatable bonds is 8. The molecule has 0 fully saturated rings. The molecule has 0 amide bonds. The number of aliphatic hydroxyl groups excluding tert-OH is 1. The predicted octanol–water partition coefficient (Wildman–Crippen LogP) is 2.26.